The molecule has 0 aliphatic rings. The number of nitrogens with zero attached hydrogens (tertiary/aromatic N) is 1. The van der Waals surface area contributed by atoms with Crippen LogP contribution in [0.2, 0.25) is 5.02 Å². The average Bonchev–Trinajstić information content (AvgIpc) is 2.47. The summed E-state index contributed by atoms with van der Waals surface area (Å²) in [6, 6.07) is 15.6. The molecule has 0 saturated heterocycles. The van der Waals surface area contributed by atoms with Gasteiger partial charge in [0.1, 0.15) is 0 Å². The summed E-state index contributed by atoms with van der Waals surface area (Å²) < 4.78 is 1.81. The first-order chi connectivity index (χ1) is 10.8. The Kier molecular flexibility index (Phi) is 3.81. The summed E-state index contributed by atoms with van der Waals surface area (Å²) in [6.07, 6.45) is 0. The number of pyridine rings is 1. The number of aryl methyl sites for hydroxylation is 1. The summed E-state index contributed by atoms with van der Waals surface area (Å²) in [4.78, 5) is 13.2. The molecule has 0 aliphatic heterocycles. The summed E-state index contributed by atoms with van der Waals surface area (Å²) in [7, 11) is 0. The van der Waals surface area contributed by atoms with E-state index in [0.717, 1.165) is 22.3 Å². The van der Waals surface area contributed by atoms with Gasteiger partial charge in [0.25, 0.3) is 5.56 Å². The van der Waals surface area contributed by atoms with E-state index < -0.39 is 0 Å². The zero-order valence-corrected chi connectivity index (χ0v) is 14.6. The van der Waals surface area contributed by atoms with Gasteiger partial charge in [-0.3, -0.25) is 9.36 Å². The SMILES string of the molecule is Cc1ccccc1-n1c(C(C)(C)C)cc2cccc(Cl)c2c1=O. The van der Waals surface area contributed by atoms with E-state index in [0.29, 0.717) is 10.4 Å². The van der Waals surface area contributed by atoms with E-state index in [1.165, 1.54) is 0 Å². The first-order valence-corrected chi connectivity index (χ1v) is 8.09. The number of hydrogen-bond acceptors (Lipinski definition) is 1. The summed E-state index contributed by atoms with van der Waals surface area (Å²) in [5, 5.41) is 1.96. The largest absolute Gasteiger partial charge is 0.280 e. The highest BCUT2D eigenvalue weighted by Crippen LogP contribution is 2.29. The minimum Gasteiger partial charge on any atom is -0.280 e. The smallest absolute Gasteiger partial charge is 0.264 e. The second-order valence-corrected chi connectivity index (χ2v) is 7.32. The van der Waals surface area contributed by atoms with E-state index >= 15 is 0 Å². The van der Waals surface area contributed by atoms with Crippen molar-refractivity contribution in [3.8, 4) is 5.69 Å². The number of hydrogen-bond donors (Lipinski definition) is 0. The Morgan fingerprint density at radius 3 is 2.35 bits per heavy atom. The molecule has 23 heavy (non-hydrogen) atoms. The van der Waals surface area contributed by atoms with Gasteiger partial charge in [0.05, 0.1) is 16.1 Å². The molecule has 0 fully saturated rings. The maximum atomic E-state index is 13.2. The van der Waals surface area contributed by atoms with Gasteiger partial charge in [-0.2, -0.15) is 0 Å². The molecule has 0 N–H and O–H groups in total. The van der Waals surface area contributed by atoms with Crippen LogP contribution >= 0.6 is 11.6 Å². The van der Waals surface area contributed by atoms with Gasteiger partial charge in [-0.15, -0.1) is 0 Å². The molecule has 3 rings (SSSR count). The zero-order chi connectivity index (χ0) is 16.8. The number of halogens is 1. The van der Waals surface area contributed by atoms with Crippen molar-refractivity contribution in [2.24, 2.45) is 0 Å². The molecule has 0 bridgehead atoms. The van der Waals surface area contributed by atoms with Gasteiger partial charge >= 0.3 is 0 Å². The van der Waals surface area contributed by atoms with E-state index in [4.69, 9.17) is 11.6 Å². The van der Waals surface area contributed by atoms with Crippen LogP contribution in [-0.4, -0.2) is 4.57 Å². The zero-order valence-electron chi connectivity index (χ0n) is 13.9. The van der Waals surface area contributed by atoms with Gasteiger partial charge < -0.3 is 0 Å². The molecule has 1 aromatic heterocycles. The van der Waals surface area contributed by atoms with Gasteiger partial charge in [0.15, 0.2) is 0 Å². The highest BCUT2D eigenvalue weighted by molar-refractivity contribution is 6.35. The molecule has 0 spiro atoms. The van der Waals surface area contributed by atoms with E-state index in [1.54, 1.807) is 6.07 Å². The number of para-hydroxylation sites is 1. The Morgan fingerprint density at radius 1 is 1.00 bits per heavy atom. The minimum absolute atomic E-state index is 0.0627. The second-order valence-electron chi connectivity index (χ2n) is 6.91. The Hall–Kier alpha value is -2.06. The third-order valence-corrected chi connectivity index (χ3v) is 4.44. The molecule has 0 unspecified atom stereocenters. The molecule has 2 nitrogen and oxygen atoms in total. The van der Waals surface area contributed by atoms with Gasteiger partial charge in [-0.05, 0) is 36.1 Å². The molecular weight excluding hydrogens is 306 g/mol. The van der Waals surface area contributed by atoms with Crippen LogP contribution in [0.3, 0.4) is 0 Å². The summed E-state index contributed by atoms with van der Waals surface area (Å²) >= 11 is 6.31. The van der Waals surface area contributed by atoms with E-state index in [9.17, 15) is 4.79 Å². The van der Waals surface area contributed by atoms with Crippen LogP contribution in [0.5, 0.6) is 0 Å². The number of rotatable bonds is 1. The van der Waals surface area contributed by atoms with Crippen molar-refractivity contribution in [3.63, 3.8) is 0 Å². The minimum atomic E-state index is -0.169. The molecule has 3 aromatic rings. The molecular formula is C20H20ClNO. The van der Waals surface area contributed by atoms with E-state index in [2.05, 4.69) is 26.8 Å². The maximum Gasteiger partial charge on any atom is 0.264 e. The van der Waals surface area contributed by atoms with Crippen LogP contribution in [0.4, 0.5) is 0 Å². The Labute approximate surface area is 141 Å². The Bertz CT molecular complexity index is 948. The second kappa shape index (κ2) is 5.54. The molecule has 3 heteroatoms. The van der Waals surface area contributed by atoms with Crippen LogP contribution in [0.15, 0.2) is 53.3 Å². The molecule has 0 amide bonds. The van der Waals surface area contributed by atoms with E-state index in [-0.39, 0.29) is 11.0 Å². The van der Waals surface area contributed by atoms with Crippen molar-refractivity contribution in [3.05, 3.63) is 75.2 Å². The van der Waals surface area contributed by atoms with Crippen molar-refractivity contribution in [1.82, 2.24) is 4.57 Å². The molecule has 0 radical (unpaired) electrons. The van der Waals surface area contributed by atoms with Crippen LogP contribution in [0, 0.1) is 6.92 Å². The van der Waals surface area contributed by atoms with Crippen molar-refractivity contribution < 1.29 is 0 Å². The fourth-order valence-corrected chi connectivity index (χ4v) is 3.19. The normalized spacial score (nSPS) is 11.9. The van der Waals surface area contributed by atoms with Gasteiger partial charge in [0.2, 0.25) is 0 Å². The van der Waals surface area contributed by atoms with Crippen molar-refractivity contribution in [1.29, 1.82) is 0 Å². The van der Waals surface area contributed by atoms with Crippen molar-refractivity contribution in [2.75, 3.05) is 0 Å². The maximum absolute atomic E-state index is 13.2. The molecule has 0 atom stereocenters. The molecule has 2 aromatic carbocycles. The number of fused-ring (bicyclic) bond motifs is 1. The standard InChI is InChI=1S/C20H20ClNO/c1-13-8-5-6-11-16(13)22-17(20(2,3)4)12-14-9-7-10-15(21)18(14)19(22)23/h5-12H,1-4H3. The lowest BCUT2D eigenvalue weighted by atomic mass is 9.89. The molecule has 0 saturated carbocycles. The molecule has 1 heterocycles. The third kappa shape index (κ3) is 2.68. The number of benzene rings is 2. The lowest BCUT2D eigenvalue weighted by Gasteiger charge is -2.26. The Morgan fingerprint density at radius 2 is 1.70 bits per heavy atom. The lowest BCUT2D eigenvalue weighted by Crippen LogP contribution is -2.29. The fourth-order valence-electron chi connectivity index (χ4n) is 2.93. The van der Waals surface area contributed by atoms with Crippen molar-refractivity contribution >= 4 is 22.4 Å². The monoisotopic (exact) mass is 325 g/mol. The lowest BCUT2D eigenvalue weighted by molar-refractivity contribution is 0.549. The van der Waals surface area contributed by atoms with Crippen LogP contribution < -0.4 is 5.56 Å². The predicted octanol–water partition coefficient (Wildman–Crippen LogP) is 5.25. The quantitative estimate of drug-likeness (QED) is 0.599. The summed E-state index contributed by atoms with van der Waals surface area (Å²) in [5.41, 5.74) is 2.72. The first kappa shape index (κ1) is 15.8. The van der Waals surface area contributed by atoms with Gasteiger partial charge in [-0.25, -0.2) is 0 Å². The van der Waals surface area contributed by atoms with Crippen LogP contribution in [0.25, 0.3) is 16.5 Å². The molecule has 118 valence electrons. The van der Waals surface area contributed by atoms with Crippen LogP contribution in [-0.2, 0) is 5.41 Å². The van der Waals surface area contributed by atoms with E-state index in [1.807, 2.05) is 47.9 Å². The third-order valence-electron chi connectivity index (χ3n) is 4.12. The number of aromatic nitrogens is 1. The van der Waals surface area contributed by atoms with Gasteiger partial charge in [-0.1, -0.05) is 62.7 Å². The van der Waals surface area contributed by atoms with Gasteiger partial charge in [0, 0.05) is 11.1 Å². The highest BCUT2D eigenvalue weighted by Gasteiger charge is 2.23. The average molecular weight is 326 g/mol. The topological polar surface area (TPSA) is 22.0 Å². The molecule has 0 aliphatic carbocycles. The van der Waals surface area contributed by atoms with Crippen molar-refractivity contribution in [2.45, 2.75) is 33.1 Å². The predicted molar refractivity (Wildman–Crippen MR) is 98.0 cm³/mol. The fraction of sp³-hybridized carbons (Fsp3) is 0.250. The summed E-state index contributed by atoms with van der Waals surface area (Å²) in [6.45, 7) is 8.37. The first-order valence-electron chi connectivity index (χ1n) is 7.71. The highest BCUT2D eigenvalue weighted by atomic mass is 35.5. The Balaban J connectivity index is 2.53. The van der Waals surface area contributed by atoms with Crippen LogP contribution in [0.1, 0.15) is 32.0 Å². The summed E-state index contributed by atoms with van der Waals surface area (Å²) in [5.74, 6) is 0.